The molecule has 0 aliphatic carbocycles. The van der Waals surface area contributed by atoms with Gasteiger partial charge in [-0.25, -0.2) is 0 Å². The zero-order chi connectivity index (χ0) is 13.5. The summed E-state index contributed by atoms with van der Waals surface area (Å²) in [6.45, 7) is 20.8. The Morgan fingerprint density at radius 2 is 1.00 bits per heavy atom. The van der Waals surface area contributed by atoms with Crippen LogP contribution in [0.25, 0.3) is 0 Å². The molecule has 0 atom stereocenters. The number of hydrogen-bond donors (Lipinski definition) is 0. The van der Waals surface area contributed by atoms with Crippen molar-refractivity contribution in [2.45, 2.75) is 69.2 Å². The lowest BCUT2D eigenvalue weighted by molar-refractivity contribution is 1.14. The Balaban J connectivity index is -0.0000000301. The first kappa shape index (κ1) is 29.3. The van der Waals surface area contributed by atoms with Crippen LogP contribution in [0.4, 0.5) is 0 Å². The molecule has 0 amide bonds. The second-order valence-corrected chi connectivity index (χ2v) is 1.42. The van der Waals surface area contributed by atoms with E-state index in [0.717, 1.165) is 6.54 Å². The van der Waals surface area contributed by atoms with Crippen LogP contribution in [0.15, 0.2) is 17.1 Å². The van der Waals surface area contributed by atoms with E-state index in [0.29, 0.717) is 0 Å². The van der Waals surface area contributed by atoms with Crippen molar-refractivity contribution in [3.05, 3.63) is 12.2 Å². The van der Waals surface area contributed by atoms with Crippen molar-refractivity contribution in [3.63, 3.8) is 0 Å². The SMILES string of the molecule is C/C=C\C.CC.CC.CC.CC=NCC. The van der Waals surface area contributed by atoms with E-state index in [1.165, 1.54) is 0 Å². The molecule has 0 aromatic heterocycles. The average molecular weight is 217 g/mol. The van der Waals surface area contributed by atoms with Crippen molar-refractivity contribution in [3.8, 4) is 0 Å². The predicted molar refractivity (Wildman–Crippen MR) is 79.2 cm³/mol. The maximum absolute atomic E-state index is 3.85. The van der Waals surface area contributed by atoms with Crippen molar-refractivity contribution >= 4 is 6.21 Å². The minimum Gasteiger partial charge on any atom is -0.298 e. The normalized spacial score (nSPS) is 7.07. The molecule has 0 bridgehead atoms. The number of rotatable bonds is 1. The van der Waals surface area contributed by atoms with Gasteiger partial charge in [0.2, 0.25) is 0 Å². The van der Waals surface area contributed by atoms with E-state index < -0.39 is 0 Å². The fourth-order valence-electron chi connectivity index (χ4n) is 0.183. The van der Waals surface area contributed by atoms with E-state index >= 15 is 0 Å². The monoisotopic (exact) mass is 217 g/mol. The molecule has 0 radical (unpaired) electrons. The van der Waals surface area contributed by atoms with Gasteiger partial charge in [-0.15, -0.1) is 0 Å². The maximum atomic E-state index is 3.85. The highest BCUT2D eigenvalue weighted by atomic mass is 14.7. The van der Waals surface area contributed by atoms with Gasteiger partial charge in [-0.3, -0.25) is 4.99 Å². The van der Waals surface area contributed by atoms with E-state index in [1.54, 1.807) is 6.21 Å². The van der Waals surface area contributed by atoms with E-state index in [1.807, 2.05) is 81.4 Å². The first-order valence-corrected chi connectivity index (χ1v) is 6.35. The summed E-state index contributed by atoms with van der Waals surface area (Å²) >= 11 is 0. The second-order valence-electron chi connectivity index (χ2n) is 1.42. The molecule has 0 aliphatic rings. The summed E-state index contributed by atoms with van der Waals surface area (Å²) in [6.07, 6.45) is 5.81. The molecule has 0 spiro atoms. The van der Waals surface area contributed by atoms with Gasteiger partial charge in [0.15, 0.2) is 0 Å². The van der Waals surface area contributed by atoms with Crippen LogP contribution < -0.4 is 0 Å². The molecule has 15 heavy (non-hydrogen) atoms. The lowest BCUT2D eigenvalue weighted by Gasteiger charge is -1.68. The quantitative estimate of drug-likeness (QED) is 0.391. The van der Waals surface area contributed by atoms with Gasteiger partial charge in [-0.1, -0.05) is 53.7 Å². The lowest BCUT2D eigenvalue weighted by atomic mass is 10.6. The van der Waals surface area contributed by atoms with Crippen molar-refractivity contribution in [1.82, 2.24) is 0 Å². The van der Waals surface area contributed by atoms with Gasteiger partial charge in [0.1, 0.15) is 0 Å². The maximum Gasteiger partial charge on any atom is 0.0356 e. The minimum absolute atomic E-state index is 0.913. The summed E-state index contributed by atoms with van der Waals surface area (Å²) in [5.74, 6) is 0. The molecule has 0 saturated heterocycles. The molecule has 0 aromatic rings. The molecule has 1 heteroatoms. The van der Waals surface area contributed by atoms with Crippen molar-refractivity contribution in [2.75, 3.05) is 6.54 Å². The van der Waals surface area contributed by atoms with Crippen LogP contribution >= 0.6 is 0 Å². The van der Waals surface area contributed by atoms with Crippen LogP contribution in [0.5, 0.6) is 0 Å². The molecule has 0 heterocycles. The number of aliphatic imine (C=N–C) groups is 1. The van der Waals surface area contributed by atoms with Crippen LogP contribution in [0.2, 0.25) is 0 Å². The second kappa shape index (κ2) is 106. The van der Waals surface area contributed by atoms with Gasteiger partial charge in [0, 0.05) is 6.54 Å². The zero-order valence-corrected chi connectivity index (χ0v) is 12.9. The Morgan fingerprint density at radius 1 is 0.733 bits per heavy atom. The predicted octanol–water partition coefficient (Wildman–Crippen LogP) is 5.76. The van der Waals surface area contributed by atoms with Crippen molar-refractivity contribution in [1.29, 1.82) is 0 Å². The van der Waals surface area contributed by atoms with Crippen LogP contribution in [0, 0.1) is 0 Å². The average Bonchev–Trinajstić information content (AvgIpc) is 2.38. The molecule has 0 aliphatic heterocycles. The van der Waals surface area contributed by atoms with E-state index in [4.69, 9.17) is 0 Å². The third-order valence-electron chi connectivity index (χ3n) is 0.698. The third-order valence-corrected chi connectivity index (χ3v) is 0.698. The highest BCUT2D eigenvalue weighted by Gasteiger charge is 1.51. The number of nitrogens with zero attached hydrogens (tertiary/aromatic N) is 1. The number of allylic oxidation sites excluding steroid dienone is 2. The van der Waals surface area contributed by atoms with Gasteiger partial charge >= 0.3 is 0 Å². The zero-order valence-electron chi connectivity index (χ0n) is 12.9. The first-order valence-electron chi connectivity index (χ1n) is 6.35. The molecule has 0 rings (SSSR count). The van der Waals surface area contributed by atoms with Gasteiger partial charge < -0.3 is 0 Å². The Bertz CT molecular complexity index is 69.4. The van der Waals surface area contributed by atoms with E-state index in [-0.39, 0.29) is 0 Å². The third kappa shape index (κ3) is 301. The van der Waals surface area contributed by atoms with Crippen LogP contribution in [0.3, 0.4) is 0 Å². The Morgan fingerprint density at radius 3 is 1.00 bits per heavy atom. The summed E-state index contributed by atoms with van der Waals surface area (Å²) in [5, 5.41) is 0. The molecule has 0 saturated carbocycles. The molecule has 0 N–H and O–H groups in total. The molecule has 0 unspecified atom stereocenters. The standard InChI is InChI=1S/C4H9N.C4H8.3C2H6/c1-3-5-4-2;1-3-4-2;3*1-2/h3H,4H2,1-2H3;3-4H,1-2H3;3*1-2H3/b;4-3-;;;. The van der Waals surface area contributed by atoms with Crippen molar-refractivity contribution < 1.29 is 0 Å². The number of hydrogen-bond acceptors (Lipinski definition) is 1. The summed E-state index contributed by atoms with van der Waals surface area (Å²) in [5.41, 5.74) is 0. The van der Waals surface area contributed by atoms with Crippen LogP contribution in [-0.2, 0) is 0 Å². The fraction of sp³-hybridized carbons (Fsp3) is 0.786. The van der Waals surface area contributed by atoms with Gasteiger partial charge in [0.05, 0.1) is 0 Å². The first-order chi connectivity index (χ1) is 7.33. The molecule has 0 aromatic carbocycles. The lowest BCUT2D eigenvalue weighted by Crippen LogP contribution is -1.62. The van der Waals surface area contributed by atoms with Crippen LogP contribution in [0.1, 0.15) is 69.2 Å². The van der Waals surface area contributed by atoms with E-state index in [9.17, 15) is 0 Å². The molecule has 96 valence electrons. The Labute approximate surface area is 99.7 Å². The summed E-state index contributed by atoms with van der Waals surface area (Å²) in [4.78, 5) is 3.85. The smallest absolute Gasteiger partial charge is 0.0356 e. The van der Waals surface area contributed by atoms with E-state index in [2.05, 4.69) is 4.99 Å². The summed E-state index contributed by atoms with van der Waals surface area (Å²) in [7, 11) is 0. The summed E-state index contributed by atoms with van der Waals surface area (Å²) < 4.78 is 0. The topological polar surface area (TPSA) is 12.4 Å². The minimum atomic E-state index is 0.913. The van der Waals surface area contributed by atoms with Gasteiger partial charge in [0.25, 0.3) is 0 Å². The van der Waals surface area contributed by atoms with Gasteiger partial charge in [-0.05, 0) is 33.9 Å². The highest BCUT2D eigenvalue weighted by Crippen LogP contribution is 1.57. The molecular formula is C14H35N. The largest absolute Gasteiger partial charge is 0.298 e. The fourth-order valence-corrected chi connectivity index (χ4v) is 0.183. The Hall–Kier alpha value is -0.590. The molecule has 0 fully saturated rings. The van der Waals surface area contributed by atoms with Gasteiger partial charge in [-0.2, -0.15) is 0 Å². The summed E-state index contributed by atoms with van der Waals surface area (Å²) in [6, 6.07) is 0. The van der Waals surface area contributed by atoms with Crippen molar-refractivity contribution in [2.24, 2.45) is 4.99 Å². The molecule has 1 nitrogen and oxygen atoms in total. The highest BCUT2D eigenvalue weighted by molar-refractivity contribution is 5.52. The molecular weight excluding hydrogens is 182 g/mol. The Kier molecular flexibility index (Phi) is 207. The van der Waals surface area contributed by atoms with Crippen LogP contribution in [-0.4, -0.2) is 12.8 Å².